The van der Waals surface area contributed by atoms with E-state index in [4.69, 9.17) is 5.73 Å². The molecule has 2 heterocycles. The van der Waals surface area contributed by atoms with Crippen LogP contribution in [0.5, 0.6) is 0 Å². The van der Waals surface area contributed by atoms with Gasteiger partial charge in [-0.05, 0) is 43.2 Å². The van der Waals surface area contributed by atoms with Crippen molar-refractivity contribution < 1.29 is 18.7 Å². The fraction of sp³-hybridized carbons (Fsp3) is 0.154. The first kappa shape index (κ1) is 24.6. The van der Waals surface area contributed by atoms with Crippen molar-refractivity contribution in [3.8, 4) is 6.07 Å². The van der Waals surface area contributed by atoms with E-state index in [-0.39, 0.29) is 26.2 Å². The summed E-state index contributed by atoms with van der Waals surface area (Å²) in [4.78, 5) is 38.8. The number of allylic oxidation sites excluding steroid dienone is 1. The molecule has 1 amide bonds. The lowest BCUT2D eigenvalue weighted by molar-refractivity contribution is -0.133. The van der Waals surface area contributed by atoms with Gasteiger partial charge in [0.1, 0.15) is 20.8 Å². The van der Waals surface area contributed by atoms with E-state index in [0.717, 1.165) is 33.1 Å². The number of amides is 1. The molecular weight excluding hydrogens is 483 g/mol. The number of methoxy groups -OCH3 is 1. The number of nitrogens with zero attached hydrogens (tertiary/aromatic N) is 2. The van der Waals surface area contributed by atoms with Crippen molar-refractivity contribution >= 4 is 46.4 Å². The maximum atomic E-state index is 13.8. The second-order valence-corrected chi connectivity index (χ2v) is 9.19. The molecule has 36 heavy (non-hydrogen) atoms. The minimum absolute atomic E-state index is 0.0198. The predicted molar refractivity (Wildman–Crippen MR) is 134 cm³/mol. The third-order valence-electron chi connectivity index (χ3n) is 5.80. The lowest BCUT2D eigenvalue weighted by Crippen LogP contribution is -2.41. The minimum atomic E-state index is -0.981. The number of carbonyl (C=O) groups excluding carboxylic acids is 2. The number of carbonyl (C=O) groups is 2. The Balaban J connectivity index is 2.05. The molecule has 182 valence electrons. The first-order chi connectivity index (χ1) is 17.2. The Morgan fingerprint density at radius 1 is 1.22 bits per heavy atom. The van der Waals surface area contributed by atoms with Crippen molar-refractivity contribution in [2.24, 2.45) is 5.73 Å². The highest BCUT2D eigenvalue weighted by Gasteiger charge is 2.35. The highest BCUT2D eigenvalue weighted by molar-refractivity contribution is 7.07. The Hall–Kier alpha value is -4.49. The third kappa shape index (κ3) is 4.32. The molecule has 1 aliphatic rings. The smallest absolute Gasteiger partial charge is 0.332 e. The molecule has 0 saturated heterocycles. The van der Waals surface area contributed by atoms with E-state index >= 15 is 0 Å². The predicted octanol–water partition coefficient (Wildman–Crippen LogP) is 1.86. The second kappa shape index (κ2) is 9.64. The topological polar surface area (TPSA) is 127 Å². The van der Waals surface area contributed by atoms with Crippen LogP contribution >= 0.6 is 11.3 Å². The van der Waals surface area contributed by atoms with Gasteiger partial charge in [-0.1, -0.05) is 29.8 Å². The molecule has 0 bridgehead atoms. The molecule has 3 aromatic rings. The molecule has 0 radical (unpaired) electrons. The van der Waals surface area contributed by atoms with Gasteiger partial charge in [0.05, 0.1) is 30.2 Å². The molecule has 2 aromatic carbocycles. The Kier molecular flexibility index (Phi) is 6.59. The van der Waals surface area contributed by atoms with Crippen LogP contribution in [-0.2, 0) is 14.3 Å². The van der Waals surface area contributed by atoms with E-state index in [1.807, 2.05) is 32.0 Å². The van der Waals surface area contributed by atoms with Crippen LogP contribution in [0.1, 0.15) is 22.6 Å². The molecule has 0 fully saturated rings. The van der Waals surface area contributed by atoms with Gasteiger partial charge in [0.2, 0.25) is 0 Å². The summed E-state index contributed by atoms with van der Waals surface area (Å²) in [5, 5.41) is 12.9. The van der Waals surface area contributed by atoms with Crippen LogP contribution in [0.3, 0.4) is 0 Å². The zero-order valence-electron chi connectivity index (χ0n) is 19.6. The van der Waals surface area contributed by atoms with Crippen LogP contribution in [-0.4, -0.2) is 23.6 Å². The summed E-state index contributed by atoms with van der Waals surface area (Å²) >= 11 is 0.876. The number of thiazole rings is 1. The lowest BCUT2D eigenvalue weighted by atomic mass is 9.83. The summed E-state index contributed by atoms with van der Waals surface area (Å²) in [5.41, 5.74) is 8.43. The van der Waals surface area contributed by atoms with Crippen molar-refractivity contribution in [2.75, 3.05) is 12.4 Å². The van der Waals surface area contributed by atoms with Gasteiger partial charge in [0, 0.05) is 11.8 Å². The van der Waals surface area contributed by atoms with Gasteiger partial charge in [-0.15, -0.1) is 11.3 Å². The zero-order chi connectivity index (χ0) is 26.1. The van der Waals surface area contributed by atoms with E-state index < -0.39 is 29.2 Å². The second-order valence-electron chi connectivity index (χ2n) is 8.16. The average molecular weight is 505 g/mol. The minimum Gasteiger partial charge on any atom is -0.466 e. The quantitative estimate of drug-likeness (QED) is 0.522. The number of esters is 1. The van der Waals surface area contributed by atoms with Crippen LogP contribution in [0, 0.1) is 31.0 Å². The van der Waals surface area contributed by atoms with Crippen molar-refractivity contribution in [2.45, 2.75) is 19.8 Å². The number of ether oxygens (including phenoxy) is 1. The fourth-order valence-corrected chi connectivity index (χ4v) is 5.20. The SMILES string of the molecule is COC(=O)C=c1sc2n(c1=O)C(N)=C(C#N)C(c1ccc(F)cc1)C=2C(=O)Nc1ccc(C)cc1C. The number of halogens is 1. The van der Waals surface area contributed by atoms with Gasteiger partial charge < -0.3 is 15.8 Å². The molecule has 1 aliphatic heterocycles. The molecule has 8 nitrogen and oxygen atoms in total. The van der Waals surface area contributed by atoms with Gasteiger partial charge >= 0.3 is 5.97 Å². The molecule has 1 aromatic heterocycles. The summed E-state index contributed by atoms with van der Waals surface area (Å²) in [7, 11) is 1.17. The number of aryl methyl sites for hydroxylation is 2. The number of rotatable bonds is 4. The van der Waals surface area contributed by atoms with E-state index in [9.17, 15) is 24.0 Å². The van der Waals surface area contributed by atoms with E-state index in [2.05, 4.69) is 10.1 Å². The van der Waals surface area contributed by atoms with Crippen LogP contribution in [0.4, 0.5) is 10.1 Å². The molecule has 0 aliphatic carbocycles. The number of fused-ring (bicyclic) bond motifs is 1. The van der Waals surface area contributed by atoms with Gasteiger partial charge in [-0.25, -0.2) is 9.18 Å². The number of hydrogen-bond donors (Lipinski definition) is 2. The number of aromatic nitrogens is 1. The Morgan fingerprint density at radius 2 is 1.92 bits per heavy atom. The van der Waals surface area contributed by atoms with Crippen molar-refractivity contribution in [1.82, 2.24) is 4.57 Å². The van der Waals surface area contributed by atoms with Crippen LogP contribution < -0.4 is 25.8 Å². The lowest BCUT2D eigenvalue weighted by Gasteiger charge is -2.25. The number of anilines is 1. The summed E-state index contributed by atoms with van der Waals surface area (Å²) in [6.07, 6.45) is 1.00. The standard InChI is InChI=1S/C26H21FN4O4S/c1-13-4-9-18(14(2)10-13)30-24(33)22-21(15-5-7-16(27)8-6-15)17(12-28)23(29)31-25(34)19(36-26(22)31)11-20(32)35-3/h4-11,21H,29H2,1-3H3,(H,30,33). The summed E-state index contributed by atoms with van der Waals surface area (Å²) in [6, 6.07) is 12.9. The number of nitriles is 1. The first-order valence-corrected chi connectivity index (χ1v) is 11.6. The Bertz CT molecular complexity index is 1660. The van der Waals surface area contributed by atoms with Crippen LogP contribution in [0.25, 0.3) is 17.5 Å². The van der Waals surface area contributed by atoms with Gasteiger partial charge in [-0.2, -0.15) is 5.26 Å². The van der Waals surface area contributed by atoms with Gasteiger partial charge in [-0.3, -0.25) is 14.2 Å². The molecular formula is C26H21FN4O4S. The van der Waals surface area contributed by atoms with E-state index in [1.54, 1.807) is 6.07 Å². The Labute approximate surface area is 209 Å². The molecule has 0 saturated carbocycles. The molecule has 4 rings (SSSR count). The largest absolute Gasteiger partial charge is 0.466 e. The van der Waals surface area contributed by atoms with Crippen LogP contribution in [0.2, 0.25) is 0 Å². The van der Waals surface area contributed by atoms with Crippen LogP contribution in [0.15, 0.2) is 52.8 Å². The van der Waals surface area contributed by atoms with Crippen molar-refractivity contribution in [3.63, 3.8) is 0 Å². The summed E-state index contributed by atoms with van der Waals surface area (Å²) in [6.45, 7) is 3.77. The Morgan fingerprint density at radius 3 is 2.53 bits per heavy atom. The summed E-state index contributed by atoms with van der Waals surface area (Å²) in [5.74, 6) is -2.97. The maximum Gasteiger partial charge on any atom is 0.332 e. The third-order valence-corrected chi connectivity index (χ3v) is 6.91. The van der Waals surface area contributed by atoms with E-state index in [0.29, 0.717) is 11.3 Å². The summed E-state index contributed by atoms with van der Waals surface area (Å²) < 4.78 is 19.5. The van der Waals surface area contributed by atoms with Crippen molar-refractivity contribution in [1.29, 1.82) is 5.26 Å². The first-order valence-electron chi connectivity index (χ1n) is 10.8. The molecule has 10 heteroatoms. The number of nitrogens with one attached hydrogen (secondary N) is 1. The van der Waals surface area contributed by atoms with E-state index in [1.165, 1.54) is 31.4 Å². The van der Waals surface area contributed by atoms with Crippen molar-refractivity contribution in [3.05, 3.63) is 90.1 Å². The number of nitrogens with two attached hydrogens (primary N) is 1. The maximum absolute atomic E-state index is 13.8. The molecule has 3 N–H and O–H groups in total. The average Bonchev–Trinajstić information content (AvgIpc) is 3.16. The highest BCUT2D eigenvalue weighted by atomic mass is 32.1. The molecule has 1 atom stereocenters. The normalized spacial score (nSPS) is 15.4. The van der Waals surface area contributed by atoms with Gasteiger partial charge in [0.15, 0.2) is 0 Å². The monoisotopic (exact) mass is 504 g/mol. The zero-order valence-corrected chi connectivity index (χ0v) is 20.4. The highest BCUT2D eigenvalue weighted by Crippen LogP contribution is 2.36. The number of benzene rings is 2. The fourth-order valence-electron chi connectivity index (χ4n) is 4.07. The van der Waals surface area contributed by atoms with Gasteiger partial charge in [0.25, 0.3) is 11.5 Å². The molecule has 0 spiro atoms. The number of hydrogen-bond acceptors (Lipinski definition) is 7. The molecule has 1 unspecified atom stereocenters.